The average molecular weight is 217 g/mol. The topological polar surface area (TPSA) is 50.1 Å². The summed E-state index contributed by atoms with van der Waals surface area (Å²) in [7, 11) is 0. The molecule has 84 valence electrons. The third kappa shape index (κ3) is 3.74. The Morgan fingerprint density at radius 2 is 2.00 bits per heavy atom. The second kappa shape index (κ2) is 4.80. The number of ether oxygens (including phenoxy) is 1. The van der Waals surface area contributed by atoms with Crippen molar-refractivity contribution in [2.75, 3.05) is 0 Å². The van der Waals surface area contributed by atoms with Crippen LogP contribution in [-0.4, -0.2) is 11.6 Å². The van der Waals surface area contributed by atoms with Crippen LogP contribution in [0.4, 0.5) is 0 Å². The number of esters is 1. The number of carbonyl (C=O) groups is 1. The number of carbonyl (C=O) groups excluding carboxylic acids is 1. The van der Waals surface area contributed by atoms with E-state index in [0.717, 1.165) is 0 Å². The predicted octanol–water partition coefficient (Wildman–Crippen LogP) is 2.44. The first-order valence-corrected chi connectivity index (χ1v) is 5.12. The summed E-state index contributed by atoms with van der Waals surface area (Å²) in [5.41, 5.74) is 0.742. The van der Waals surface area contributed by atoms with Crippen LogP contribution in [0.2, 0.25) is 0 Å². The van der Waals surface area contributed by atoms with E-state index in [2.05, 4.69) is 6.07 Å². The third-order valence-corrected chi connectivity index (χ3v) is 1.89. The monoisotopic (exact) mass is 217 g/mol. The van der Waals surface area contributed by atoms with Gasteiger partial charge in [-0.15, -0.1) is 0 Å². The molecular weight excluding hydrogens is 202 g/mol. The molecule has 0 radical (unpaired) electrons. The smallest absolute Gasteiger partial charge is 0.310 e. The van der Waals surface area contributed by atoms with Gasteiger partial charge in [-0.05, 0) is 32.4 Å². The molecule has 16 heavy (non-hydrogen) atoms. The van der Waals surface area contributed by atoms with Crippen molar-refractivity contribution in [2.45, 2.75) is 32.8 Å². The van der Waals surface area contributed by atoms with Crippen molar-refractivity contribution in [3.8, 4) is 6.07 Å². The Kier molecular flexibility index (Phi) is 3.68. The highest BCUT2D eigenvalue weighted by Crippen LogP contribution is 2.12. The molecule has 0 aliphatic heterocycles. The Bertz CT molecular complexity index is 424. The summed E-state index contributed by atoms with van der Waals surface area (Å²) in [5.74, 6) is -0.310. The number of hydrogen-bond acceptors (Lipinski definition) is 3. The largest absolute Gasteiger partial charge is 0.460 e. The molecule has 0 atom stereocenters. The van der Waals surface area contributed by atoms with Crippen molar-refractivity contribution >= 4 is 5.97 Å². The lowest BCUT2D eigenvalue weighted by Crippen LogP contribution is -2.25. The van der Waals surface area contributed by atoms with E-state index in [9.17, 15) is 4.79 Å². The molecule has 0 unspecified atom stereocenters. The Morgan fingerprint density at radius 3 is 2.56 bits per heavy atom. The SMILES string of the molecule is CC(C)(C)OC(=O)Cc1ccccc1C#N. The molecular formula is C13H15NO2. The van der Waals surface area contributed by atoms with Gasteiger partial charge >= 0.3 is 5.97 Å². The van der Waals surface area contributed by atoms with Gasteiger partial charge in [-0.3, -0.25) is 4.79 Å². The van der Waals surface area contributed by atoms with Crippen LogP contribution in [-0.2, 0) is 16.0 Å². The zero-order chi connectivity index (χ0) is 12.2. The Hall–Kier alpha value is -1.82. The first kappa shape index (κ1) is 12.3. The summed E-state index contributed by atoms with van der Waals surface area (Å²) in [6.45, 7) is 5.46. The molecule has 1 rings (SSSR count). The average Bonchev–Trinajstić information content (AvgIpc) is 2.15. The van der Waals surface area contributed by atoms with Gasteiger partial charge < -0.3 is 4.74 Å². The van der Waals surface area contributed by atoms with Gasteiger partial charge in [0, 0.05) is 0 Å². The van der Waals surface area contributed by atoms with E-state index >= 15 is 0 Å². The number of hydrogen-bond donors (Lipinski definition) is 0. The van der Waals surface area contributed by atoms with Crippen LogP contribution in [0.15, 0.2) is 24.3 Å². The second-order valence-corrected chi connectivity index (χ2v) is 4.53. The maximum absolute atomic E-state index is 11.6. The summed E-state index contributed by atoms with van der Waals surface area (Å²) >= 11 is 0. The van der Waals surface area contributed by atoms with Crippen molar-refractivity contribution in [3.63, 3.8) is 0 Å². The van der Waals surface area contributed by atoms with Gasteiger partial charge in [-0.25, -0.2) is 0 Å². The molecule has 0 aliphatic carbocycles. The van der Waals surface area contributed by atoms with Crippen LogP contribution in [0, 0.1) is 11.3 Å². The third-order valence-electron chi connectivity index (χ3n) is 1.89. The second-order valence-electron chi connectivity index (χ2n) is 4.53. The van der Waals surface area contributed by atoms with E-state index < -0.39 is 5.60 Å². The zero-order valence-electron chi connectivity index (χ0n) is 9.78. The summed E-state index contributed by atoms with van der Waals surface area (Å²) in [6, 6.07) is 9.10. The number of benzene rings is 1. The fourth-order valence-corrected chi connectivity index (χ4v) is 1.32. The van der Waals surface area contributed by atoms with Crippen LogP contribution >= 0.6 is 0 Å². The van der Waals surface area contributed by atoms with Gasteiger partial charge in [0.15, 0.2) is 0 Å². The van der Waals surface area contributed by atoms with Gasteiger partial charge in [0.2, 0.25) is 0 Å². The molecule has 3 heteroatoms. The quantitative estimate of drug-likeness (QED) is 0.715. The van der Waals surface area contributed by atoms with Crippen LogP contribution < -0.4 is 0 Å². The first-order valence-electron chi connectivity index (χ1n) is 5.12. The van der Waals surface area contributed by atoms with E-state index in [1.807, 2.05) is 20.8 Å². The fraction of sp³-hybridized carbons (Fsp3) is 0.385. The van der Waals surface area contributed by atoms with Gasteiger partial charge in [0.25, 0.3) is 0 Å². The molecule has 1 aromatic rings. The fourth-order valence-electron chi connectivity index (χ4n) is 1.32. The lowest BCUT2D eigenvalue weighted by molar-refractivity contribution is -0.153. The summed E-state index contributed by atoms with van der Waals surface area (Å²) < 4.78 is 5.19. The molecule has 0 saturated heterocycles. The molecule has 0 heterocycles. The van der Waals surface area contributed by atoms with E-state index in [0.29, 0.717) is 11.1 Å². The minimum atomic E-state index is -0.487. The maximum atomic E-state index is 11.6. The van der Waals surface area contributed by atoms with Gasteiger partial charge in [0.1, 0.15) is 5.60 Å². The molecule has 0 fully saturated rings. The van der Waals surface area contributed by atoms with E-state index in [-0.39, 0.29) is 12.4 Å². The minimum absolute atomic E-state index is 0.140. The maximum Gasteiger partial charge on any atom is 0.310 e. The molecule has 0 aromatic heterocycles. The first-order chi connectivity index (χ1) is 7.42. The van der Waals surface area contributed by atoms with E-state index in [4.69, 9.17) is 10.00 Å². The lowest BCUT2D eigenvalue weighted by atomic mass is 10.1. The van der Waals surface area contributed by atoms with Crippen LogP contribution in [0.25, 0.3) is 0 Å². The van der Waals surface area contributed by atoms with Crippen LogP contribution in [0.3, 0.4) is 0 Å². The molecule has 0 saturated carbocycles. The van der Waals surface area contributed by atoms with Crippen LogP contribution in [0.1, 0.15) is 31.9 Å². The molecule has 0 bridgehead atoms. The number of nitriles is 1. The molecule has 0 amide bonds. The van der Waals surface area contributed by atoms with Crippen LogP contribution in [0.5, 0.6) is 0 Å². The molecule has 3 nitrogen and oxygen atoms in total. The van der Waals surface area contributed by atoms with Gasteiger partial charge in [0.05, 0.1) is 18.1 Å². The molecule has 1 aromatic carbocycles. The van der Waals surface area contributed by atoms with Crippen molar-refractivity contribution < 1.29 is 9.53 Å². The van der Waals surface area contributed by atoms with E-state index in [1.54, 1.807) is 24.3 Å². The normalized spacial score (nSPS) is 10.6. The lowest BCUT2D eigenvalue weighted by Gasteiger charge is -2.19. The van der Waals surface area contributed by atoms with Gasteiger partial charge in [-0.2, -0.15) is 5.26 Å². The zero-order valence-corrected chi connectivity index (χ0v) is 9.78. The summed E-state index contributed by atoms with van der Waals surface area (Å²) in [4.78, 5) is 11.6. The number of rotatable bonds is 2. The molecule has 0 N–H and O–H groups in total. The standard InChI is InChI=1S/C13H15NO2/c1-13(2,3)16-12(15)8-10-6-4-5-7-11(10)9-14/h4-7H,8H2,1-3H3. The Balaban J connectivity index is 2.75. The highest BCUT2D eigenvalue weighted by molar-refractivity contribution is 5.74. The van der Waals surface area contributed by atoms with Crippen molar-refractivity contribution in [2.24, 2.45) is 0 Å². The summed E-state index contributed by atoms with van der Waals surface area (Å²) in [6.07, 6.45) is 0.140. The number of nitrogens with zero attached hydrogens (tertiary/aromatic N) is 1. The highest BCUT2D eigenvalue weighted by Gasteiger charge is 2.17. The Labute approximate surface area is 95.7 Å². The highest BCUT2D eigenvalue weighted by atomic mass is 16.6. The minimum Gasteiger partial charge on any atom is -0.460 e. The van der Waals surface area contributed by atoms with Crippen molar-refractivity contribution in [3.05, 3.63) is 35.4 Å². The molecule has 0 spiro atoms. The molecule has 0 aliphatic rings. The summed E-state index contributed by atoms with van der Waals surface area (Å²) in [5, 5.41) is 8.86. The van der Waals surface area contributed by atoms with Crippen molar-refractivity contribution in [1.82, 2.24) is 0 Å². The van der Waals surface area contributed by atoms with E-state index in [1.165, 1.54) is 0 Å². The Morgan fingerprint density at radius 1 is 1.38 bits per heavy atom. The van der Waals surface area contributed by atoms with Gasteiger partial charge in [-0.1, -0.05) is 18.2 Å². The van der Waals surface area contributed by atoms with Crippen molar-refractivity contribution in [1.29, 1.82) is 5.26 Å². The predicted molar refractivity (Wildman–Crippen MR) is 60.7 cm³/mol.